The Morgan fingerprint density at radius 2 is 1.76 bits per heavy atom. The minimum Gasteiger partial charge on any atom is -0.335 e. The van der Waals surface area contributed by atoms with Crippen LogP contribution in [0.5, 0.6) is 0 Å². The van der Waals surface area contributed by atoms with Crippen molar-refractivity contribution in [2.45, 2.75) is 20.0 Å². The molecule has 0 bridgehead atoms. The monoisotopic (exact) mass is 402 g/mol. The van der Waals surface area contributed by atoms with E-state index in [1.165, 1.54) is 14.4 Å². The number of nitrogens with zero attached hydrogens (tertiary/aromatic N) is 4. The van der Waals surface area contributed by atoms with E-state index in [-0.39, 0.29) is 37.0 Å². The number of benzene rings is 1. The molecule has 1 aliphatic heterocycles. The van der Waals surface area contributed by atoms with Gasteiger partial charge in [-0.3, -0.25) is 23.5 Å². The van der Waals surface area contributed by atoms with Gasteiger partial charge in [-0.05, 0) is 19.1 Å². The minimum atomic E-state index is -0.522. The number of likely N-dealkylation sites (N-methyl/N-ethyl adjacent to an activating group) is 2. The molecule has 0 saturated carbocycles. The molecule has 2 aromatic rings. The zero-order valence-electron chi connectivity index (χ0n) is 17.2. The quantitative estimate of drug-likeness (QED) is 0.627. The number of aromatic nitrogens is 2. The lowest BCUT2D eigenvalue weighted by molar-refractivity contribution is -0.883. The summed E-state index contributed by atoms with van der Waals surface area (Å²) in [6.45, 7) is 4.82. The Bertz CT molecular complexity index is 1030. The fourth-order valence-electron chi connectivity index (χ4n) is 3.59. The summed E-state index contributed by atoms with van der Waals surface area (Å²) >= 11 is 0. The van der Waals surface area contributed by atoms with Crippen molar-refractivity contribution in [3.8, 4) is 0 Å². The maximum absolute atomic E-state index is 12.8. The third kappa shape index (κ3) is 4.24. The Morgan fingerprint density at radius 1 is 1.10 bits per heavy atom. The largest absolute Gasteiger partial charge is 0.335 e. The van der Waals surface area contributed by atoms with Gasteiger partial charge in [0, 0.05) is 13.6 Å². The third-order valence-electron chi connectivity index (χ3n) is 5.51. The first-order chi connectivity index (χ1) is 13.8. The molecule has 29 heavy (non-hydrogen) atoms. The van der Waals surface area contributed by atoms with Crippen LogP contribution in [0, 0.1) is 0 Å². The zero-order chi connectivity index (χ0) is 21.1. The lowest BCUT2D eigenvalue weighted by Crippen LogP contribution is -3.12. The highest BCUT2D eigenvalue weighted by Gasteiger charge is 2.24. The van der Waals surface area contributed by atoms with Gasteiger partial charge in [0.2, 0.25) is 11.8 Å². The molecule has 3 rings (SSSR count). The van der Waals surface area contributed by atoms with E-state index in [0.717, 1.165) is 17.7 Å². The Balaban J connectivity index is 1.80. The van der Waals surface area contributed by atoms with E-state index in [1.807, 2.05) is 0 Å². The number of hydrogen-bond donors (Lipinski definition) is 1. The first-order valence-corrected chi connectivity index (χ1v) is 9.89. The van der Waals surface area contributed by atoms with Crippen LogP contribution in [0.4, 0.5) is 0 Å². The number of hydrogen-bond acceptors (Lipinski definition) is 4. The molecule has 1 aliphatic rings. The normalized spacial score (nSPS) is 14.9. The van der Waals surface area contributed by atoms with Gasteiger partial charge in [0.15, 0.2) is 0 Å². The number of fused-ring (bicyclic) bond motifs is 1. The summed E-state index contributed by atoms with van der Waals surface area (Å²) in [5.41, 5.74) is -0.467. The van der Waals surface area contributed by atoms with Gasteiger partial charge in [0.25, 0.3) is 5.56 Å². The molecule has 1 fully saturated rings. The molecule has 1 saturated heterocycles. The van der Waals surface area contributed by atoms with Gasteiger partial charge in [-0.2, -0.15) is 0 Å². The molecule has 156 valence electrons. The first kappa shape index (κ1) is 20.8. The molecule has 0 aliphatic carbocycles. The summed E-state index contributed by atoms with van der Waals surface area (Å²) in [7, 11) is 3.65. The van der Waals surface area contributed by atoms with E-state index in [0.29, 0.717) is 24.0 Å². The summed E-state index contributed by atoms with van der Waals surface area (Å²) in [5.74, 6) is -0.448. The first-order valence-electron chi connectivity index (χ1n) is 9.89. The maximum atomic E-state index is 12.8. The van der Waals surface area contributed by atoms with Gasteiger partial charge in [0.05, 0.1) is 50.7 Å². The predicted octanol–water partition coefficient (Wildman–Crippen LogP) is -2.00. The van der Waals surface area contributed by atoms with Gasteiger partial charge in [-0.25, -0.2) is 4.79 Å². The van der Waals surface area contributed by atoms with Gasteiger partial charge in [0.1, 0.15) is 6.54 Å². The standard InChI is InChI=1S/C20H27N5O4/c1-4-24-19(28)15-7-5-6-8-16(15)25(20(24)29)14-17(26)22(3)13-18(27)23-11-9-21(2)10-12-23/h5-8H,4,9-14H2,1-3H3/p+1. The molecule has 1 N–H and O–H groups in total. The van der Waals surface area contributed by atoms with Crippen molar-refractivity contribution in [1.82, 2.24) is 18.9 Å². The molecule has 0 unspecified atom stereocenters. The van der Waals surface area contributed by atoms with E-state index in [4.69, 9.17) is 0 Å². The molecule has 9 nitrogen and oxygen atoms in total. The lowest BCUT2D eigenvalue weighted by atomic mass is 10.2. The molecule has 2 heterocycles. The number of amides is 2. The summed E-state index contributed by atoms with van der Waals surface area (Å²) in [5, 5.41) is 0.389. The molecule has 9 heteroatoms. The van der Waals surface area contributed by atoms with Crippen LogP contribution in [0.25, 0.3) is 10.9 Å². The van der Waals surface area contributed by atoms with Crippen molar-refractivity contribution < 1.29 is 14.5 Å². The Hall–Kier alpha value is -2.94. The Kier molecular flexibility index (Phi) is 6.17. The van der Waals surface area contributed by atoms with Crippen molar-refractivity contribution >= 4 is 22.7 Å². The molecule has 0 atom stereocenters. The average molecular weight is 402 g/mol. The number of para-hydroxylation sites is 1. The maximum Gasteiger partial charge on any atom is 0.331 e. The molecular formula is C20H28N5O4+. The van der Waals surface area contributed by atoms with Crippen LogP contribution in [-0.4, -0.2) is 77.6 Å². The van der Waals surface area contributed by atoms with Crippen LogP contribution in [0.3, 0.4) is 0 Å². The van der Waals surface area contributed by atoms with Crippen molar-refractivity contribution in [3.05, 3.63) is 45.1 Å². The van der Waals surface area contributed by atoms with Gasteiger partial charge in [-0.15, -0.1) is 0 Å². The van der Waals surface area contributed by atoms with Crippen LogP contribution >= 0.6 is 0 Å². The number of piperazine rings is 1. The minimum absolute atomic E-state index is 0.0298. The Morgan fingerprint density at radius 3 is 2.41 bits per heavy atom. The lowest BCUT2D eigenvalue weighted by Gasteiger charge is -2.31. The molecule has 0 spiro atoms. The van der Waals surface area contributed by atoms with E-state index in [9.17, 15) is 19.2 Å². The van der Waals surface area contributed by atoms with Crippen molar-refractivity contribution in [2.24, 2.45) is 0 Å². The number of carbonyl (C=O) groups is 2. The highest BCUT2D eigenvalue weighted by atomic mass is 16.2. The fraction of sp³-hybridized carbons (Fsp3) is 0.500. The van der Waals surface area contributed by atoms with E-state index in [1.54, 1.807) is 43.1 Å². The van der Waals surface area contributed by atoms with Crippen LogP contribution in [0.2, 0.25) is 0 Å². The Labute approximate surface area is 168 Å². The second-order valence-corrected chi connectivity index (χ2v) is 7.52. The van der Waals surface area contributed by atoms with Crippen molar-refractivity contribution in [1.29, 1.82) is 0 Å². The average Bonchev–Trinajstić information content (AvgIpc) is 2.71. The topological polar surface area (TPSA) is 89.1 Å². The number of rotatable bonds is 5. The van der Waals surface area contributed by atoms with E-state index < -0.39 is 5.69 Å². The molecule has 1 aromatic heterocycles. The summed E-state index contributed by atoms with van der Waals surface area (Å²) in [4.78, 5) is 55.0. The number of quaternary nitrogens is 1. The van der Waals surface area contributed by atoms with E-state index in [2.05, 4.69) is 7.05 Å². The van der Waals surface area contributed by atoms with Crippen LogP contribution in [0.15, 0.2) is 33.9 Å². The van der Waals surface area contributed by atoms with E-state index >= 15 is 0 Å². The third-order valence-corrected chi connectivity index (χ3v) is 5.51. The SMILES string of the molecule is CCn1c(=O)c2ccccc2n(CC(=O)N(C)CC(=O)N2CC[NH+](C)CC2)c1=O. The van der Waals surface area contributed by atoms with Crippen LogP contribution in [0.1, 0.15) is 6.92 Å². The van der Waals surface area contributed by atoms with Gasteiger partial charge in [-0.1, -0.05) is 12.1 Å². The smallest absolute Gasteiger partial charge is 0.331 e. The van der Waals surface area contributed by atoms with Crippen LogP contribution in [-0.2, 0) is 22.7 Å². The highest BCUT2D eigenvalue weighted by molar-refractivity contribution is 5.86. The highest BCUT2D eigenvalue weighted by Crippen LogP contribution is 2.08. The zero-order valence-corrected chi connectivity index (χ0v) is 17.2. The second-order valence-electron chi connectivity index (χ2n) is 7.52. The van der Waals surface area contributed by atoms with Gasteiger partial charge >= 0.3 is 5.69 Å². The van der Waals surface area contributed by atoms with Gasteiger partial charge < -0.3 is 14.7 Å². The fourth-order valence-corrected chi connectivity index (χ4v) is 3.59. The summed E-state index contributed by atoms with van der Waals surface area (Å²) < 4.78 is 2.43. The van der Waals surface area contributed by atoms with Crippen molar-refractivity contribution in [3.63, 3.8) is 0 Å². The predicted molar refractivity (Wildman–Crippen MR) is 109 cm³/mol. The van der Waals surface area contributed by atoms with Crippen LogP contribution < -0.4 is 16.1 Å². The molecule has 2 amide bonds. The second kappa shape index (κ2) is 8.60. The number of carbonyl (C=O) groups excluding carboxylic acids is 2. The summed E-state index contributed by atoms with van der Waals surface area (Å²) in [6, 6.07) is 6.75. The summed E-state index contributed by atoms with van der Waals surface area (Å²) in [6.07, 6.45) is 0. The number of nitrogens with one attached hydrogen (secondary N) is 1. The molecular weight excluding hydrogens is 374 g/mol. The molecule has 1 aromatic carbocycles. The van der Waals surface area contributed by atoms with Crippen molar-refractivity contribution in [2.75, 3.05) is 46.8 Å². The molecule has 0 radical (unpaired) electrons.